The molecule has 0 bridgehead atoms. The first-order valence-corrected chi connectivity index (χ1v) is 8.55. The molecule has 1 aliphatic rings. The molecule has 0 unspecified atom stereocenters. The summed E-state index contributed by atoms with van der Waals surface area (Å²) < 4.78 is 34.2. The molecule has 0 aliphatic carbocycles. The van der Waals surface area contributed by atoms with Gasteiger partial charge in [0.2, 0.25) is 5.96 Å². The van der Waals surface area contributed by atoms with E-state index in [0.717, 1.165) is 0 Å². The largest absolute Gasteiger partial charge is 0.454 e. The summed E-state index contributed by atoms with van der Waals surface area (Å²) in [5.41, 5.74) is 0.339. The highest BCUT2D eigenvalue weighted by Gasteiger charge is 2.28. The number of nitrogens with one attached hydrogen (secondary N) is 1. The molecule has 0 saturated carbocycles. The molecule has 8 heteroatoms. The van der Waals surface area contributed by atoms with Gasteiger partial charge in [0.15, 0.2) is 5.75 Å². The Morgan fingerprint density at radius 1 is 1.09 bits per heavy atom. The molecule has 1 heterocycles. The summed E-state index contributed by atoms with van der Waals surface area (Å²) in [5.74, 6) is 1.01. The summed E-state index contributed by atoms with van der Waals surface area (Å²) in [5, 5.41) is 3.42. The molecule has 0 spiro atoms. The molecule has 6 nitrogen and oxygen atoms in total. The van der Waals surface area contributed by atoms with Crippen LogP contribution in [0.2, 0.25) is 5.02 Å². The highest BCUT2D eigenvalue weighted by Crippen LogP contribution is 2.39. The zero-order valence-corrected chi connectivity index (χ0v) is 14.0. The van der Waals surface area contributed by atoms with Crippen LogP contribution in [0.1, 0.15) is 0 Å². The molecule has 3 rings (SSSR count). The molecule has 23 heavy (non-hydrogen) atoms. The van der Waals surface area contributed by atoms with Gasteiger partial charge in [-0.15, -0.1) is 4.40 Å². The van der Waals surface area contributed by atoms with Crippen molar-refractivity contribution < 1.29 is 13.2 Å². The Kier molecular flexibility index (Phi) is 3.91. The number of benzene rings is 2. The van der Waals surface area contributed by atoms with Crippen LogP contribution in [0.5, 0.6) is 11.5 Å². The number of fused-ring (bicyclic) bond motifs is 1. The SMILES string of the molecule is CN(C)C1=NS(=O)(=O)c2cccc(Oc3ccccc3Cl)c2N1. The molecule has 2 aromatic carbocycles. The Morgan fingerprint density at radius 2 is 1.78 bits per heavy atom. The van der Waals surface area contributed by atoms with Gasteiger partial charge in [-0.1, -0.05) is 29.8 Å². The first-order valence-electron chi connectivity index (χ1n) is 6.73. The van der Waals surface area contributed by atoms with Crippen molar-refractivity contribution in [1.29, 1.82) is 0 Å². The predicted molar refractivity (Wildman–Crippen MR) is 89.9 cm³/mol. The fourth-order valence-corrected chi connectivity index (χ4v) is 3.44. The third-order valence-electron chi connectivity index (χ3n) is 3.19. The van der Waals surface area contributed by atoms with E-state index in [4.69, 9.17) is 16.3 Å². The molecule has 0 radical (unpaired) electrons. The van der Waals surface area contributed by atoms with Crippen LogP contribution in [-0.2, 0) is 10.0 Å². The predicted octanol–water partition coefficient (Wildman–Crippen LogP) is 3.16. The molecule has 0 amide bonds. The third-order valence-corrected chi connectivity index (χ3v) is 4.81. The number of ether oxygens (including phenoxy) is 1. The zero-order valence-electron chi connectivity index (χ0n) is 12.4. The molecular formula is C15H14ClN3O3S. The number of guanidine groups is 1. The number of para-hydroxylation sites is 2. The van der Waals surface area contributed by atoms with Crippen molar-refractivity contribution >= 4 is 33.3 Å². The van der Waals surface area contributed by atoms with Crippen LogP contribution < -0.4 is 10.1 Å². The number of sulfonamides is 1. The maximum atomic E-state index is 12.3. The van der Waals surface area contributed by atoms with Crippen LogP contribution in [0.15, 0.2) is 51.8 Å². The van der Waals surface area contributed by atoms with Crippen molar-refractivity contribution in [3.63, 3.8) is 0 Å². The lowest BCUT2D eigenvalue weighted by Crippen LogP contribution is -2.33. The van der Waals surface area contributed by atoms with Gasteiger partial charge in [0.1, 0.15) is 16.3 Å². The Morgan fingerprint density at radius 3 is 2.48 bits per heavy atom. The molecule has 0 aromatic heterocycles. The van der Waals surface area contributed by atoms with Gasteiger partial charge in [0, 0.05) is 14.1 Å². The lowest BCUT2D eigenvalue weighted by molar-refractivity contribution is 0.483. The van der Waals surface area contributed by atoms with Crippen molar-refractivity contribution in [2.75, 3.05) is 19.4 Å². The third kappa shape index (κ3) is 2.97. The van der Waals surface area contributed by atoms with Crippen molar-refractivity contribution in [2.45, 2.75) is 4.90 Å². The summed E-state index contributed by atoms with van der Waals surface area (Å²) in [7, 11) is -0.394. The maximum Gasteiger partial charge on any atom is 0.287 e. The molecule has 2 aromatic rings. The Bertz CT molecular complexity index is 895. The Balaban J connectivity index is 2.09. The number of halogens is 1. The molecule has 0 atom stereocenters. The van der Waals surface area contributed by atoms with Crippen molar-refractivity contribution in [3.8, 4) is 11.5 Å². The zero-order chi connectivity index (χ0) is 16.6. The van der Waals surface area contributed by atoms with Crippen molar-refractivity contribution in [1.82, 2.24) is 4.90 Å². The minimum atomic E-state index is -3.79. The van der Waals surface area contributed by atoms with Crippen LogP contribution in [0, 0.1) is 0 Å². The first-order chi connectivity index (χ1) is 10.9. The van der Waals surface area contributed by atoms with E-state index >= 15 is 0 Å². The minimum absolute atomic E-state index is 0.0626. The summed E-state index contributed by atoms with van der Waals surface area (Å²) in [6.07, 6.45) is 0. The number of hydrogen-bond acceptors (Lipinski definition) is 5. The van der Waals surface area contributed by atoms with E-state index in [-0.39, 0.29) is 10.9 Å². The molecular weight excluding hydrogens is 338 g/mol. The normalized spacial score (nSPS) is 15.2. The second kappa shape index (κ2) is 5.75. The topological polar surface area (TPSA) is 71.0 Å². The average Bonchev–Trinajstić information content (AvgIpc) is 2.49. The summed E-state index contributed by atoms with van der Waals surface area (Å²) in [6.45, 7) is 0. The van der Waals surface area contributed by atoms with Gasteiger partial charge < -0.3 is 15.0 Å². The van der Waals surface area contributed by atoms with Gasteiger partial charge in [-0.25, -0.2) is 0 Å². The quantitative estimate of drug-likeness (QED) is 0.899. The van der Waals surface area contributed by atoms with Gasteiger partial charge in [-0.3, -0.25) is 0 Å². The fraction of sp³-hybridized carbons (Fsp3) is 0.133. The van der Waals surface area contributed by atoms with E-state index in [1.165, 1.54) is 6.07 Å². The van der Waals surface area contributed by atoms with Crippen molar-refractivity contribution in [2.24, 2.45) is 4.40 Å². The highest BCUT2D eigenvalue weighted by molar-refractivity contribution is 7.90. The highest BCUT2D eigenvalue weighted by atomic mass is 35.5. The molecule has 1 aliphatic heterocycles. The molecule has 120 valence electrons. The Hall–Kier alpha value is -2.25. The number of rotatable bonds is 2. The molecule has 0 saturated heterocycles. The fourth-order valence-electron chi connectivity index (χ4n) is 2.07. The minimum Gasteiger partial charge on any atom is -0.454 e. The van der Waals surface area contributed by atoms with Crippen LogP contribution in [0.25, 0.3) is 0 Å². The maximum absolute atomic E-state index is 12.3. The van der Waals surface area contributed by atoms with Gasteiger partial charge in [-0.2, -0.15) is 8.42 Å². The monoisotopic (exact) mass is 351 g/mol. The van der Waals surface area contributed by atoms with Crippen LogP contribution in [-0.4, -0.2) is 33.4 Å². The molecule has 0 fully saturated rings. The lowest BCUT2D eigenvalue weighted by Gasteiger charge is -2.24. The van der Waals surface area contributed by atoms with Gasteiger partial charge >= 0.3 is 0 Å². The van der Waals surface area contributed by atoms with Crippen LogP contribution in [0.3, 0.4) is 0 Å². The van der Waals surface area contributed by atoms with E-state index in [0.29, 0.717) is 22.2 Å². The smallest absolute Gasteiger partial charge is 0.287 e. The van der Waals surface area contributed by atoms with Gasteiger partial charge in [-0.05, 0) is 24.3 Å². The summed E-state index contributed by atoms with van der Waals surface area (Å²) >= 11 is 6.10. The summed E-state index contributed by atoms with van der Waals surface area (Å²) in [4.78, 5) is 1.64. The van der Waals surface area contributed by atoms with E-state index in [9.17, 15) is 8.42 Å². The van der Waals surface area contributed by atoms with Crippen LogP contribution in [0.4, 0.5) is 5.69 Å². The average molecular weight is 352 g/mol. The van der Waals surface area contributed by atoms with Crippen LogP contribution >= 0.6 is 11.6 Å². The van der Waals surface area contributed by atoms with Crippen molar-refractivity contribution in [3.05, 3.63) is 47.5 Å². The van der Waals surface area contributed by atoms with E-state index in [1.54, 1.807) is 55.4 Å². The van der Waals surface area contributed by atoms with Gasteiger partial charge in [0.25, 0.3) is 10.0 Å². The standard InChI is InChI=1S/C15H14ClN3O3S/c1-19(2)15-17-14-12(22-11-7-4-3-6-10(11)16)8-5-9-13(14)23(20,21)18-15/h3-9H,1-2H3,(H,17,18). The second-order valence-corrected chi connectivity index (χ2v) is 7.05. The number of anilines is 1. The summed E-state index contributed by atoms with van der Waals surface area (Å²) in [6, 6.07) is 11.7. The van der Waals surface area contributed by atoms with Gasteiger partial charge in [0.05, 0.1) is 5.02 Å². The lowest BCUT2D eigenvalue weighted by atomic mass is 10.2. The van der Waals surface area contributed by atoms with E-state index in [2.05, 4.69) is 9.71 Å². The van der Waals surface area contributed by atoms with E-state index < -0.39 is 10.0 Å². The number of nitrogens with zero attached hydrogens (tertiary/aromatic N) is 2. The first kappa shape index (κ1) is 15.6. The number of hydrogen-bond donors (Lipinski definition) is 1. The van der Waals surface area contributed by atoms with E-state index in [1.807, 2.05) is 0 Å². The molecule has 1 N–H and O–H groups in total. The second-order valence-electron chi connectivity index (χ2n) is 5.07. The Labute approximate surface area is 139 Å².